The van der Waals surface area contributed by atoms with Crippen LogP contribution in [0.2, 0.25) is 0 Å². The average Bonchev–Trinajstić information content (AvgIpc) is 3.35. The third-order valence-electron chi connectivity index (χ3n) is 7.34. The lowest BCUT2D eigenvalue weighted by Crippen LogP contribution is -2.10. The number of fused-ring (bicyclic) bond motifs is 1. The Morgan fingerprint density at radius 1 is 0.825 bits per heavy atom. The van der Waals surface area contributed by atoms with Crippen molar-refractivity contribution in [1.29, 1.82) is 0 Å². The molecular formula is C33H34F3NO3. The second kappa shape index (κ2) is 13.0. The van der Waals surface area contributed by atoms with Gasteiger partial charge in [-0.2, -0.15) is 13.2 Å². The van der Waals surface area contributed by atoms with Crippen LogP contribution in [0.4, 0.5) is 13.2 Å². The van der Waals surface area contributed by atoms with Crippen molar-refractivity contribution in [2.75, 3.05) is 0 Å². The highest BCUT2D eigenvalue weighted by molar-refractivity contribution is 5.96. The molecule has 3 aromatic carbocycles. The van der Waals surface area contributed by atoms with Crippen LogP contribution >= 0.6 is 0 Å². The number of aromatic nitrogens is 1. The zero-order chi connectivity index (χ0) is 28.7. The predicted molar refractivity (Wildman–Crippen MR) is 152 cm³/mol. The van der Waals surface area contributed by atoms with Gasteiger partial charge in [-0.1, -0.05) is 75.1 Å². The number of unbranched alkanes of at least 4 members (excludes halogenated alkanes) is 3. The van der Waals surface area contributed by atoms with Crippen molar-refractivity contribution in [3.8, 4) is 11.1 Å². The Morgan fingerprint density at radius 2 is 1.52 bits per heavy atom. The van der Waals surface area contributed by atoms with Crippen LogP contribution in [0.1, 0.15) is 85.8 Å². The number of aliphatic carboxylic acids is 1. The van der Waals surface area contributed by atoms with E-state index < -0.39 is 17.7 Å². The van der Waals surface area contributed by atoms with Gasteiger partial charge < -0.3 is 9.67 Å². The van der Waals surface area contributed by atoms with Gasteiger partial charge in [-0.3, -0.25) is 9.59 Å². The van der Waals surface area contributed by atoms with Gasteiger partial charge in [0.05, 0.1) is 11.6 Å². The normalized spacial score (nSPS) is 12.5. The highest BCUT2D eigenvalue weighted by atomic mass is 19.4. The molecule has 0 fully saturated rings. The zero-order valence-corrected chi connectivity index (χ0v) is 22.6. The number of hydrogen-bond donors (Lipinski definition) is 1. The fourth-order valence-corrected chi connectivity index (χ4v) is 5.13. The van der Waals surface area contributed by atoms with E-state index in [2.05, 4.69) is 17.7 Å². The molecule has 4 rings (SSSR count). The zero-order valence-electron chi connectivity index (χ0n) is 22.6. The molecule has 4 aromatic rings. The summed E-state index contributed by atoms with van der Waals surface area (Å²) in [6, 6.07) is 20.9. The highest BCUT2D eigenvalue weighted by Gasteiger charge is 2.30. The number of halogens is 3. The number of carboxylic acids is 1. The second-order valence-electron chi connectivity index (χ2n) is 10.2. The summed E-state index contributed by atoms with van der Waals surface area (Å²) in [5.74, 6) is -0.964. The van der Waals surface area contributed by atoms with Gasteiger partial charge in [0, 0.05) is 35.5 Å². The first kappa shape index (κ1) is 29.1. The molecule has 1 N–H and O–H groups in total. The number of ketones is 1. The number of alkyl halides is 3. The maximum Gasteiger partial charge on any atom is 0.416 e. The molecule has 1 atom stereocenters. The highest BCUT2D eigenvalue weighted by Crippen LogP contribution is 2.34. The number of carbonyl (C=O) groups excluding carboxylic acids is 1. The van der Waals surface area contributed by atoms with Crippen LogP contribution in [0.3, 0.4) is 0 Å². The molecule has 210 valence electrons. The van der Waals surface area contributed by atoms with E-state index in [1.54, 1.807) is 0 Å². The number of Topliss-reactive ketones (excluding diaryl/α,β-unsaturated/α-hetero) is 1. The molecule has 1 heterocycles. The molecule has 0 amide bonds. The first-order valence-corrected chi connectivity index (χ1v) is 13.8. The standard InChI is InChI=1S/C33H34F3NO3/c1-2-3-4-5-7-29(24-10-12-25(13-11-24)31(38)8-6-9-32(39)40)37-21-20-27-22-26(16-19-30(27)37)23-14-17-28(18-15-23)33(34,35)36/h10-22,29H,2-9H2,1H3,(H,39,40). The van der Waals surface area contributed by atoms with Crippen LogP contribution in [-0.4, -0.2) is 21.4 Å². The van der Waals surface area contributed by atoms with E-state index in [1.165, 1.54) is 18.6 Å². The summed E-state index contributed by atoms with van der Waals surface area (Å²) >= 11 is 0. The SMILES string of the molecule is CCCCCCC(c1ccc(C(=O)CCCC(=O)O)cc1)n1ccc2cc(-c3ccc(C(F)(F)F)cc3)ccc21. The van der Waals surface area contributed by atoms with Crippen LogP contribution in [0.25, 0.3) is 22.0 Å². The van der Waals surface area contributed by atoms with Crippen LogP contribution in [0.5, 0.6) is 0 Å². The first-order chi connectivity index (χ1) is 19.2. The van der Waals surface area contributed by atoms with Gasteiger partial charge in [0.25, 0.3) is 0 Å². The van der Waals surface area contributed by atoms with E-state index in [1.807, 2.05) is 48.5 Å². The molecule has 0 radical (unpaired) electrons. The van der Waals surface area contributed by atoms with Gasteiger partial charge in [-0.05, 0) is 59.9 Å². The van der Waals surface area contributed by atoms with Crippen molar-refractivity contribution in [2.45, 2.75) is 70.5 Å². The largest absolute Gasteiger partial charge is 0.481 e. The Bertz CT molecular complexity index is 1440. The maximum absolute atomic E-state index is 13.0. The molecule has 40 heavy (non-hydrogen) atoms. The molecule has 0 saturated heterocycles. The fraction of sp³-hybridized carbons (Fsp3) is 0.333. The summed E-state index contributed by atoms with van der Waals surface area (Å²) in [5, 5.41) is 9.82. The minimum absolute atomic E-state index is 0.0229. The Morgan fingerprint density at radius 3 is 2.17 bits per heavy atom. The van der Waals surface area contributed by atoms with Gasteiger partial charge in [0.2, 0.25) is 0 Å². The third-order valence-corrected chi connectivity index (χ3v) is 7.34. The molecule has 0 saturated carbocycles. The van der Waals surface area contributed by atoms with Crippen LogP contribution in [-0.2, 0) is 11.0 Å². The van der Waals surface area contributed by atoms with Gasteiger partial charge >= 0.3 is 12.1 Å². The molecule has 0 aliphatic carbocycles. The van der Waals surface area contributed by atoms with E-state index in [-0.39, 0.29) is 24.7 Å². The van der Waals surface area contributed by atoms with Crippen LogP contribution in [0, 0.1) is 0 Å². The van der Waals surface area contributed by atoms with Gasteiger partial charge in [0.1, 0.15) is 0 Å². The van der Waals surface area contributed by atoms with Crippen LogP contribution < -0.4 is 0 Å². The quantitative estimate of drug-likeness (QED) is 0.134. The molecule has 0 aliphatic heterocycles. The minimum atomic E-state index is -4.36. The summed E-state index contributed by atoms with van der Waals surface area (Å²) in [6.07, 6.45) is 3.61. The number of benzene rings is 3. The smallest absolute Gasteiger partial charge is 0.416 e. The summed E-state index contributed by atoms with van der Waals surface area (Å²) in [5.41, 5.74) is 3.61. The van der Waals surface area contributed by atoms with E-state index in [0.717, 1.165) is 65.4 Å². The van der Waals surface area contributed by atoms with E-state index >= 15 is 0 Å². The lowest BCUT2D eigenvalue weighted by molar-refractivity contribution is -0.138. The second-order valence-corrected chi connectivity index (χ2v) is 10.2. The van der Waals surface area contributed by atoms with E-state index in [9.17, 15) is 22.8 Å². The predicted octanol–water partition coefficient (Wildman–Crippen LogP) is 9.32. The van der Waals surface area contributed by atoms with Gasteiger partial charge in [0.15, 0.2) is 5.78 Å². The summed E-state index contributed by atoms with van der Waals surface area (Å²) in [7, 11) is 0. The van der Waals surface area contributed by atoms with Crippen molar-refractivity contribution in [3.05, 3.63) is 95.7 Å². The Labute approximate surface area is 232 Å². The Kier molecular flexibility index (Phi) is 9.46. The van der Waals surface area contributed by atoms with Crippen molar-refractivity contribution in [1.82, 2.24) is 4.57 Å². The lowest BCUT2D eigenvalue weighted by Gasteiger charge is -2.21. The minimum Gasteiger partial charge on any atom is -0.481 e. The van der Waals surface area contributed by atoms with E-state index in [0.29, 0.717) is 12.0 Å². The number of carbonyl (C=O) groups is 2. The number of rotatable bonds is 13. The monoisotopic (exact) mass is 549 g/mol. The molecule has 0 aliphatic rings. The third kappa shape index (κ3) is 7.20. The first-order valence-electron chi connectivity index (χ1n) is 13.8. The molecule has 4 nitrogen and oxygen atoms in total. The maximum atomic E-state index is 13.0. The van der Waals surface area contributed by atoms with E-state index in [4.69, 9.17) is 5.11 Å². The molecule has 0 spiro atoms. The molecular weight excluding hydrogens is 515 g/mol. The molecule has 0 bridgehead atoms. The molecule has 7 heteroatoms. The fourth-order valence-electron chi connectivity index (χ4n) is 5.13. The number of nitrogens with zero attached hydrogens (tertiary/aromatic N) is 1. The van der Waals surface area contributed by atoms with Crippen LogP contribution in [0.15, 0.2) is 79.0 Å². The summed E-state index contributed by atoms with van der Waals surface area (Å²) in [4.78, 5) is 23.3. The lowest BCUT2D eigenvalue weighted by atomic mass is 9.96. The van der Waals surface area contributed by atoms with Crippen molar-refractivity contribution < 1.29 is 27.9 Å². The van der Waals surface area contributed by atoms with Crippen molar-refractivity contribution in [3.63, 3.8) is 0 Å². The van der Waals surface area contributed by atoms with Gasteiger partial charge in [-0.15, -0.1) is 0 Å². The van der Waals surface area contributed by atoms with Crippen molar-refractivity contribution >= 4 is 22.7 Å². The Hall–Kier alpha value is -3.87. The van der Waals surface area contributed by atoms with Gasteiger partial charge in [-0.25, -0.2) is 0 Å². The topological polar surface area (TPSA) is 59.3 Å². The Balaban J connectivity index is 1.59. The molecule has 1 aromatic heterocycles. The summed E-state index contributed by atoms with van der Waals surface area (Å²) < 4.78 is 41.2. The summed E-state index contributed by atoms with van der Waals surface area (Å²) in [6.45, 7) is 2.18. The number of carboxylic acid groups (broad SMARTS) is 1. The molecule has 1 unspecified atom stereocenters. The average molecular weight is 550 g/mol. The van der Waals surface area contributed by atoms with Crippen molar-refractivity contribution in [2.24, 2.45) is 0 Å². The number of hydrogen-bond acceptors (Lipinski definition) is 2.